The molecule has 2 aromatic rings. The van der Waals surface area contributed by atoms with Crippen LogP contribution in [0.3, 0.4) is 0 Å². The molecule has 216 valence electrons. The van der Waals surface area contributed by atoms with Gasteiger partial charge in [-0.05, 0) is 93.3 Å². The minimum atomic E-state index is -0.659. The number of likely N-dealkylation sites (tertiary alicyclic amines) is 1. The molecule has 2 heterocycles. The van der Waals surface area contributed by atoms with Crippen LogP contribution in [0.1, 0.15) is 88.1 Å². The molecule has 0 saturated carbocycles. The first-order valence-corrected chi connectivity index (χ1v) is 14.5. The molecule has 1 N–H and O–H groups in total. The van der Waals surface area contributed by atoms with Gasteiger partial charge >= 0.3 is 0 Å². The quantitative estimate of drug-likeness (QED) is 0.406. The summed E-state index contributed by atoms with van der Waals surface area (Å²) in [5, 5.41) is 3.73. The van der Waals surface area contributed by atoms with Crippen LogP contribution < -0.4 is 5.32 Å². The van der Waals surface area contributed by atoms with Gasteiger partial charge < -0.3 is 15.1 Å². The Morgan fingerprint density at radius 1 is 1.12 bits per heavy atom. The van der Waals surface area contributed by atoms with Crippen molar-refractivity contribution in [2.75, 3.05) is 19.6 Å². The molecular weight excluding hydrogens is 532 g/mol. The van der Waals surface area contributed by atoms with Gasteiger partial charge in [-0.1, -0.05) is 24.6 Å². The van der Waals surface area contributed by atoms with E-state index in [0.717, 1.165) is 36.5 Å². The van der Waals surface area contributed by atoms with E-state index in [9.17, 15) is 18.4 Å². The van der Waals surface area contributed by atoms with Crippen molar-refractivity contribution in [1.29, 1.82) is 0 Å². The van der Waals surface area contributed by atoms with E-state index in [2.05, 4.69) is 37.1 Å². The average molecular weight is 572 g/mol. The highest BCUT2D eigenvalue weighted by Crippen LogP contribution is 2.40. The number of hydrogen-bond acceptors (Lipinski definition) is 3. The van der Waals surface area contributed by atoms with Crippen molar-refractivity contribution in [3.63, 3.8) is 0 Å². The topological polar surface area (TPSA) is 52.7 Å². The third-order valence-electron chi connectivity index (χ3n) is 8.22. The number of halogens is 3. The minimum absolute atomic E-state index is 0.0302. The zero-order chi connectivity index (χ0) is 29.4. The van der Waals surface area contributed by atoms with E-state index in [4.69, 9.17) is 11.6 Å². The molecule has 0 radical (unpaired) electrons. The fraction of sp³-hybridized carbons (Fsp3) is 0.500. The lowest BCUT2D eigenvalue weighted by molar-refractivity contribution is -0.135. The minimum Gasteiger partial charge on any atom is -0.371 e. The number of amides is 2. The van der Waals surface area contributed by atoms with Crippen molar-refractivity contribution in [2.24, 2.45) is 5.92 Å². The first-order valence-electron chi connectivity index (χ1n) is 14.1. The van der Waals surface area contributed by atoms with Crippen molar-refractivity contribution >= 4 is 29.0 Å². The molecule has 0 spiro atoms. The number of carbonyl (C=O) groups is 2. The molecular formula is C32H40ClF2N3O2. The summed E-state index contributed by atoms with van der Waals surface area (Å²) in [6, 6.07) is 7.51. The zero-order valence-electron chi connectivity index (χ0n) is 24.3. The normalized spacial score (nSPS) is 19.0. The highest BCUT2D eigenvalue weighted by Gasteiger charge is 2.39. The number of nitrogens with zero attached hydrogens (tertiary/aromatic N) is 2. The van der Waals surface area contributed by atoms with E-state index in [1.807, 2.05) is 31.0 Å². The van der Waals surface area contributed by atoms with Gasteiger partial charge in [-0.3, -0.25) is 9.59 Å². The number of hydrogen-bond donors (Lipinski definition) is 1. The molecule has 2 aliphatic rings. The maximum atomic E-state index is 14.9. The van der Waals surface area contributed by atoms with Gasteiger partial charge in [0.1, 0.15) is 11.6 Å². The maximum Gasteiger partial charge on any atom is 0.231 e. The predicted octanol–water partition coefficient (Wildman–Crippen LogP) is 6.99. The molecule has 5 nitrogen and oxygen atoms in total. The highest BCUT2D eigenvalue weighted by atomic mass is 35.5. The van der Waals surface area contributed by atoms with Crippen LogP contribution in [0.4, 0.5) is 8.78 Å². The van der Waals surface area contributed by atoms with Gasteiger partial charge in [-0.25, -0.2) is 8.78 Å². The fourth-order valence-electron chi connectivity index (χ4n) is 5.92. The Bertz CT molecular complexity index is 1310. The van der Waals surface area contributed by atoms with Crippen molar-refractivity contribution in [2.45, 2.75) is 78.3 Å². The number of rotatable bonds is 6. The second-order valence-corrected chi connectivity index (χ2v) is 12.5. The second-order valence-electron chi connectivity index (χ2n) is 12.1. The third kappa shape index (κ3) is 6.35. The summed E-state index contributed by atoms with van der Waals surface area (Å²) in [6.45, 7) is 13.3. The molecule has 1 saturated heterocycles. The molecule has 8 heteroatoms. The summed E-state index contributed by atoms with van der Waals surface area (Å²) < 4.78 is 28.5. The van der Waals surface area contributed by atoms with E-state index < -0.39 is 17.6 Å². The molecule has 1 fully saturated rings. The lowest BCUT2D eigenvalue weighted by Gasteiger charge is -2.37. The Labute approximate surface area is 241 Å². The number of aryl methyl sites for hydroxylation is 1. The fourth-order valence-corrected chi connectivity index (χ4v) is 6.09. The van der Waals surface area contributed by atoms with Gasteiger partial charge in [0.05, 0.1) is 12.0 Å². The van der Waals surface area contributed by atoms with Crippen molar-refractivity contribution in [1.82, 2.24) is 15.1 Å². The van der Waals surface area contributed by atoms with Crippen LogP contribution >= 0.6 is 11.6 Å². The summed E-state index contributed by atoms with van der Waals surface area (Å²) in [7, 11) is 0. The molecule has 0 bridgehead atoms. The first-order chi connectivity index (χ1) is 18.8. The third-order valence-corrected chi connectivity index (χ3v) is 8.63. The number of benzene rings is 2. The average Bonchev–Trinajstić information content (AvgIpc) is 3.34. The summed E-state index contributed by atoms with van der Waals surface area (Å²) in [6.07, 6.45) is 4.15. The Kier molecular flexibility index (Phi) is 8.93. The molecule has 2 atom stereocenters. The van der Waals surface area contributed by atoms with E-state index in [-0.39, 0.29) is 34.9 Å². The van der Waals surface area contributed by atoms with E-state index in [1.165, 1.54) is 24.6 Å². The lowest BCUT2D eigenvalue weighted by Crippen LogP contribution is -2.44. The first kappa shape index (κ1) is 30.0. The van der Waals surface area contributed by atoms with E-state index in [0.29, 0.717) is 30.2 Å². The van der Waals surface area contributed by atoms with Gasteiger partial charge in [0.25, 0.3) is 0 Å². The molecule has 40 heavy (non-hydrogen) atoms. The molecule has 0 aliphatic carbocycles. The SMILES string of the molecule is CC[C@@H](NC(C)=O)c1cc(Cl)c(C)cc1C1CCN(C(=O)C2CN(C(C)(C)C)C=C2c2ccc(F)cc2F)CC1. The van der Waals surface area contributed by atoms with E-state index >= 15 is 0 Å². The Morgan fingerprint density at radius 2 is 1.80 bits per heavy atom. The van der Waals surface area contributed by atoms with Gasteiger partial charge in [0.2, 0.25) is 11.8 Å². The van der Waals surface area contributed by atoms with Crippen molar-refractivity contribution in [3.05, 3.63) is 75.4 Å². The largest absolute Gasteiger partial charge is 0.371 e. The predicted molar refractivity (Wildman–Crippen MR) is 156 cm³/mol. The van der Waals surface area contributed by atoms with Gasteiger partial charge in [0.15, 0.2) is 0 Å². The maximum absolute atomic E-state index is 14.9. The van der Waals surface area contributed by atoms with Crippen molar-refractivity contribution < 1.29 is 18.4 Å². The molecule has 2 aliphatic heterocycles. The monoisotopic (exact) mass is 571 g/mol. The highest BCUT2D eigenvalue weighted by molar-refractivity contribution is 6.31. The molecule has 4 rings (SSSR count). The number of nitrogens with one attached hydrogen (secondary N) is 1. The van der Waals surface area contributed by atoms with Crippen LogP contribution in [0, 0.1) is 24.5 Å². The van der Waals surface area contributed by atoms with Crippen LogP contribution in [0.15, 0.2) is 36.5 Å². The molecule has 2 amide bonds. The Morgan fingerprint density at radius 3 is 2.38 bits per heavy atom. The smallest absolute Gasteiger partial charge is 0.231 e. The number of carbonyl (C=O) groups excluding carboxylic acids is 2. The lowest BCUT2D eigenvalue weighted by atomic mass is 9.82. The van der Waals surface area contributed by atoms with E-state index in [1.54, 1.807) is 0 Å². The van der Waals surface area contributed by atoms with Crippen LogP contribution in [0.5, 0.6) is 0 Å². The zero-order valence-corrected chi connectivity index (χ0v) is 25.0. The Balaban J connectivity index is 1.56. The molecule has 2 aromatic carbocycles. The summed E-state index contributed by atoms with van der Waals surface area (Å²) in [4.78, 5) is 29.8. The van der Waals surface area contributed by atoms with Crippen LogP contribution in [0.2, 0.25) is 5.02 Å². The molecule has 0 aromatic heterocycles. The summed E-state index contributed by atoms with van der Waals surface area (Å²) in [5.41, 5.74) is 3.80. The van der Waals surface area contributed by atoms with Crippen LogP contribution in [0.25, 0.3) is 5.57 Å². The number of piperidine rings is 1. The van der Waals surface area contributed by atoms with Crippen LogP contribution in [-0.2, 0) is 9.59 Å². The standard InChI is InChI=1S/C32H40ClF2N3O2/c1-7-30(36-20(3)39)25-16-28(33)19(2)14-24(25)21-10-12-37(13-11-21)31(40)27-18-38(32(4,5)6)17-26(27)23-9-8-22(34)15-29(23)35/h8-9,14-17,21,27,30H,7,10-13,18H2,1-6H3,(H,36,39)/t27?,30-/m1/s1. The van der Waals surface area contributed by atoms with Gasteiger partial charge in [-0.15, -0.1) is 0 Å². The second kappa shape index (κ2) is 11.9. The summed E-state index contributed by atoms with van der Waals surface area (Å²) in [5.74, 6) is -1.73. The van der Waals surface area contributed by atoms with Crippen molar-refractivity contribution in [3.8, 4) is 0 Å². The summed E-state index contributed by atoms with van der Waals surface area (Å²) >= 11 is 6.51. The van der Waals surface area contributed by atoms with Gasteiger partial charge in [0, 0.05) is 54.9 Å². The van der Waals surface area contributed by atoms with Crippen LogP contribution in [-0.4, -0.2) is 46.8 Å². The van der Waals surface area contributed by atoms with Gasteiger partial charge in [-0.2, -0.15) is 0 Å². The molecule has 1 unspecified atom stereocenters. The Hall–Kier alpha value is -2.93.